The van der Waals surface area contributed by atoms with Crippen molar-refractivity contribution in [2.75, 3.05) is 6.54 Å². The molecule has 7 nitrogen and oxygen atoms in total. The molecule has 0 aliphatic heterocycles. The summed E-state index contributed by atoms with van der Waals surface area (Å²) >= 11 is 0. The van der Waals surface area contributed by atoms with Crippen molar-refractivity contribution in [3.05, 3.63) is 66.2 Å². The van der Waals surface area contributed by atoms with E-state index in [1.54, 1.807) is 49.4 Å². The molecule has 0 aliphatic carbocycles. The third-order valence-corrected chi connectivity index (χ3v) is 7.15. The minimum Gasteiger partial charge on any atom is -0.463 e. The zero-order chi connectivity index (χ0) is 22.4. The Morgan fingerprint density at radius 3 is 2.03 bits per heavy atom. The third-order valence-electron chi connectivity index (χ3n) is 5.18. The lowest BCUT2D eigenvalue weighted by molar-refractivity contribution is -0.182. The van der Waals surface area contributed by atoms with Gasteiger partial charge in [0.05, 0.1) is 4.90 Å². The van der Waals surface area contributed by atoms with Crippen LogP contribution in [0.4, 0.5) is 4.79 Å². The molecule has 1 unspecified atom stereocenters. The van der Waals surface area contributed by atoms with Crippen molar-refractivity contribution < 1.29 is 23.5 Å². The first kappa shape index (κ1) is 23.9. The van der Waals surface area contributed by atoms with Gasteiger partial charge >= 0.3 is 6.09 Å². The number of rotatable bonds is 10. The number of carbonyl (C=O) groups is 1. The monoisotopic (exact) mass is 434 g/mol. The molecular weight excluding hydrogens is 404 g/mol. The van der Waals surface area contributed by atoms with Crippen LogP contribution in [-0.2, 0) is 16.4 Å². The van der Waals surface area contributed by atoms with Gasteiger partial charge in [0.2, 0.25) is 10.0 Å². The standard InChI is InChI=1S/C22H30N2O5S/c1-4-22(24(27)21(25)26,17-19-11-7-5-8-12-19)23(16-15-18(2)3)30(28,29)20-13-9-6-10-14-20/h5-14,18,27H,4,15-17H2,1-3H3,(H,25,26). The molecule has 2 aromatic carbocycles. The number of hydrogen-bond acceptors (Lipinski definition) is 4. The van der Waals surface area contributed by atoms with Gasteiger partial charge in [-0.05, 0) is 36.5 Å². The van der Waals surface area contributed by atoms with E-state index in [4.69, 9.17) is 0 Å². The molecule has 0 radical (unpaired) electrons. The maximum atomic E-state index is 13.7. The third kappa shape index (κ3) is 5.19. The molecule has 0 aromatic heterocycles. The van der Waals surface area contributed by atoms with Gasteiger partial charge in [0.25, 0.3) is 0 Å². The van der Waals surface area contributed by atoms with Crippen molar-refractivity contribution in [1.29, 1.82) is 0 Å². The summed E-state index contributed by atoms with van der Waals surface area (Å²) in [6.07, 6.45) is -1.02. The molecule has 0 heterocycles. The molecule has 0 bridgehead atoms. The van der Waals surface area contributed by atoms with Crippen LogP contribution in [0.2, 0.25) is 0 Å². The summed E-state index contributed by atoms with van der Waals surface area (Å²) in [5.74, 6) is 0.182. The first-order valence-corrected chi connectivity index (χ1v) is 11.4. The van der Waals surface area contributed by atoms with E-state index in [1.165, 1.54) is 12.1 Å². The first-order chi connectivity index (χ1) is 14.1. The summed E-state index contributed by atoms with van der Waals surface area (Å²) in [5, 5.41) is 20.5. The van der Waals surface area contributed by atoms with Crippen molar-refractivity contribution >= 4 is 16.1 Å². The number of nitrogens with zero attached hydrogens (tertiary/aromatic N) is 2. The Bertz CT molecular complexity index is 919. The van der Waals surface area contributed by atoms with Gasteiger partial charge in [0, 0.05) is 13.0 Å². The number of carboxylic acid groups (broad SMARTS) is 1. The molecule has 30 heavy (non-hydrogen) atoms. The van der Waals surface area contributed by atoms with Crippen molar-refractivity contribution in [2.24, 2.45) is 5.92 Å². The average molecular weight is 435 g/mol. The maximum Gasteiger partial charge on any atom is 0.433 e. The van der Waals surface area contributed by atoms with E-state index in [0.717, 1.165) is 9.87 Å². The normalized spacial score (nSPS) is 13.9. The van der Waals surface area contributed by atoms with E-state index >= 15 is 0 Å². The number of benzene rings is 2. The van der Waals surface area contributed by atoms with Gasteiger partial charge in [-0.25, -0.2) is 13.2 Å². The Morgan fingerprint density at radius 2 is 1.57 bits per heavy atom. The predicted molar refractivity (Wildman–Crippen MR) is 115 cm³/mol. The summed E-state index contributed by atoms with van der Waals surface area (Å²) in [6.45, 7) is 5.68. The highest BCUT2D eigenvalue weighted by molar-refractivity contribution is 7.89. The topological polar surface area (TPSA) is 98.1 Å². The number of sulfonamides is 1. The Hall–Kier alpha value is -2.42. The van der Waals surface area contributed by atoms with Crippen LogP contribution in [-0.4, -0.2) is 46.4 Å². The molecule has 2 N–H and O–H groups in total. The first-order valence-electron chi connectivity index (χ1n) is 9.99. The fourth-order valence-electron chi connectivity index (χ4n) is 3.47. The highest BCUT2D eigenvalue weighted by atomic mass is 32.2. The minimum absolute atomic E-state index is 0.0112. The van der Waals surface area contributed by atoms with Gasteiger partial charge in [0.15, 0.2) is 0 Å². The molecule has 2 rings (SSSR count). The number of hydrogen-bond donors (Lipinski definition) is 2. The second-order valence-corrected chi connectivity index (χ2v) is 9.53. The van der Waals surface area contributed by atoms with Crippen LogP contribution in [0, 0.1) is 5.92 Å². The maximum absolute atomic E-state index is 13.7. The van der Waals surface area contributed by atoms with Gasteiger partial charge in [0.1, 0.15) is 5.66 Å². The van der Waals surface area contributed by atoms with E-state index in [-0.39, 0.29) is 35.3 Å². The lowest BCUT2D eigenvalue weighted by Crippen LogP contribution is -2.64. The fourth-order valence-corrected chi connectivity index (χ4v) is 5.29. The van der Waals surface area contributed by atoms with Crippen molar-refractivity contribution in [3.8, 4) is 0 Å². The molecule has 0 saturated heterocycles. The Morgan fingerprint density at radius 1 is 1.03 bits per heavy atom. The average Bonchev–Trinajstić information content (AvgIpc) is 2.73. The van der Waals surface area contributed by atoms with E-state index < -0.39 is 21.8 Å². The van der Waals surface area contributed by atoms with Crippen LogP contribution < -0.4 is 0 Å². The van der Waals surface area contributed by atoms with E-state index in [2.05, 4.69) is 0 Å². The molecule has 0 spiro atoms. The summed E-state index contributed by atoms with van der Waals surface area (Å²) in [5.41, 5.74) is -0.978. The van der Waals surface area contributed by atoms with Gasteiger partial charge < -0.3 is 5.11 Å². The van der Waals surface area contributed by atoms with Crippen molar-refractivity contribution in [2.45, 2.75) is 50.6 Å². The smallest absolute Gasteiger partial charge is 0.433 e. The second kappa shape index (κ2) is 10.1. The van der Waals surface area contributed by atoms with Crippen LogP contribution in [0.25, 0.3) is 0 Å². The van der Waals surface area contributed by atoms with Crippen molar-refractivity contribution in [3.63, 3.8) is 0 Å². The van der Waals surface area contributed by atoms with Gasteiger partial charge in [-0.2, -0.15) is 9.37 Å². The Balaban J connectivity index is 2.68. The number of hydroxylamine groups is 2. The largest absolute Gasteiger partial charge is 0.463 e. The van der Waals surface area contributed by atoms with Crippen molar-refractivity contribution in [1.82, 2.24) is 9.37 Å². The van der Waals surface area contributed by atoms with E-state index in [0.29, 0.717) is 6.42 Å². The summed E-state index contributed by atoms with van der Waals surface area (Å²) in [6, 6.07) is 16.9. The minimum atomic E-state index is -4.10. The zero-order valence-electron chi connectivity index (χ0n) is 17.6. The van der Waals surface area contributed by atoms with Crippen LogP contribution in [0.5, 0.6) is 0 Å². The summed E-state index contributed by atoms with van der Waals surface area (Å²) in [4.78, 5) is 11.9. The fraction of sp³-hybridized carbons (Fsp3) is 0.409. The molecule has 164 valence electrons. The van der Waals surface area contributed by atoms with Crippen LogP contribution >= 0.6 is 0 Å². The lowest BCUT2D eigenvalue weighted by Gasteiger charge is -2.45. The van der Waals surface area contributed by atoms with Gasteiger partial charge in [-0.1, -0.05) is 69.3 Å². The van der Waals surface area contributed by atoms with Crippen LogP contribution in [0.1, 0.15) is 39.2 Å². The lowest BCUT2D eigenvalue weighted by atomic mass is 9.95. The molecule has 0 fully saturated rings. The zero-order valence-corrected chi connectivity index (χ0v) is 18.4. The SMILES string of the molecule is CCC(Cc1ccccc1)(N(O)C(=O)O)N(CCC(C)C)S(=O)(=O)c1ccccc1. The highest BCUT2D eigenvalue weighted by Crippen LogP contribution is 2.34. The van der Waals surface area contributed by atoms with E-state index in [9.17, 15) is 23.5 Å². The number of amides is 1. The highest BCUT2D eigenvalue weighted by Gasteiger charge is 2.49. The van der Waals surface area contributed by atoms with Crippen LogP contribution in [0.15, 0.2) is 65.6 Å². The van der Waals surface area contributed by atoms with Gasteiger partial charge in [-0.15, -0.1) is 0 Å². The predicted octanol–water partition coefficient (Wildman–Crippen LogP) is 4.44. The quantitative estimate of drug-likeness (QED) is 0.327. The molecule has 2 aromatic rings. The molecule has 0 aliphatic rings. The Kier molecular flexibility index (Phi) is 8.00. The Labute approximate surface area is 178 Å². The van der Waals surface area contributed by atoms with Gasteiger partial charge in [-0.3, -0.25) is 5.21 Å². The molecule has 0 saturated carbocycles. The van der Waals surface area contributed by atoms with E-state index in [1.807, 2.05) is 19.9 Å². The summed E-state index contributed by atoms with van der Waals surface area (Å²) < 4.78 is 28.5. The molecule has 1 amide bonds. The molecular formula is C22H30N2O5S. The second-order valence-electron chi connectivity index (χ2n) is 7.67. The molecule has 8 heteroatoms. The van der Waals surface area contributed by atoms with Crippen LogP contribution in [0.3, 0.4) is 0 Å². The molecule has 1 atom stereocenters. The summed E-state index contributed by atoms with van der Waals surface area (Å²) in [7, 11) is -4.10.